The van der Waals surface area contributed by atoms with Crippen molar-refractivity contribution in [3.63, 3.8) is 0 Å². The third-order valence-corrected chi connectivity index (χ3v) is 7.53. The van der Waals surface area contributed by atoms with Gasteiger partial charge in [0, 0.05) is 11.8 Å². The van der Waals surface area contributed by atoms with Crippen LogP contribution in [-0.2, 0) is 9.47 Å². The molecule has 0 radical (unpaired) electrons. The summed E-state index contributed by atoms with van der Waals surface area (Å²) in [4.78, 5) is 25.7. The van der Waals surface area contributed by atoms with Crippen LogP contribution < -0.4 is 0 Å². The second-order valence-corrected chi connectivity index (χ2v) is 9.28. The minimum atomic E-state index is -0.359. The molecular weight excluding hydrogens is 376 g/mol. The van der Waals surface area contributed by atoms with Crippen molar-refractivity contribution < 1.29 is 19.1 Å². The van der Waals surface area contributed by atoms with E-state index in [1.54, 1.807) is 24.3 Å². The molecule has 0 N–H and O–H groups in total. The maximum absolute atomic E-state index is 12.8. The van der Waals surface area contributed by atoms with Crippen LogP contribution in [0.15, 0.2) is 60.7 Å². The highest BCUT2D eigenvalue weighted by Crippen LogP contribution is 2.60. The number of esters is 2. The number of benzene rings is 2. The van der Waals surface area contributed by atoms with Gasteiger partial charge in [0.2, 0.25) is 0 Å². The minimum absolute atomic E-state index is 0.281. The van der Waals surface area contributed by atoms with Crippen LogP contribution in [0.4, 0.5) is 0 Å². The molecule has 3 saturated carbocycles. The quantitative estimate of drug-likeness (QED) is 0.662. The van der Waals surface area contributed by atoms with E-state index < -0.39 is 0 Å². The second-order valence-electron chi connectivity index (χ2n) is 9.28. The van der Waals surface area contributed by atoms with Crippen LogP contribution in [0.3, 0.4) is 0 Å². The highest BCUT2D eigenvalue weighted by Gasteiger charge is 2.61. The van der Waals surface area contributed by atoms with Gasteiger partial charge in [-0.05, 0) is 61.3 Å². The fraction of sp³-hybridized carbons (Fsp3) is 0.462. The number of carbonyl (C=O) groups excluding carboxylic acids is 2. The van der Waals surface area contributed by atoms with Gasteiger partial charge in [0.1, 0.15) is 12.2 Å². The Labute approximate surface area is 177 Å². The van der Waals surface area contributed by atoms with Crippen molar-refractivity contribution in [2.45, 2.75) is 44.8 Å². The third-order valence-electron chi connectivity index (χ3n) is 7.53. The van der Waals surface area contributed by atoms with Crippen LogP contribution in [0, 0.1) is 29.6 Å². The minimum Gasteiger partial charge on any atom is -0.455 e. The van der Waals surface area contributed by atoms with Gasteiger partial charge in [0.05, 0.1) is 11.1 Å². The van der Waals surface area contributed by atoms with Gasteiger partial charge in [-0.2, -0.15) is 0 Å². The summed E-state index contributed by atoms with van der Waals surface area (Å²) in [6, 6.07) is 18.2. The summed E-state index contributed by atoms with van der Waals surface area (Å²) in [5.41, 5.74) is 1.09. The lowest BCUT2D eigenvalue weighted by atomic mass is 9.66. The molecule has 5 rings (SSSR count). The maximum atomic E-state index is 12.8. The van der Waals surface area contributed by atoms with Crippen molar-refractivity contribution in [2.75, 3.05) is 0 Å². The Balaban J connectivity index is 1.40. The molecule has 7 atom stereocenters. The number of fused-ring (bicyclic) bond motifs is 5. The molecule has 3 aliphatic carbocycles. The van der Waals surface area contributed by atoms with Crippen molar-refractivity contribution in [3.8, 4) is 0 Å². The number of rotatable bonds is 4. The highest BCUT2D eigenvalue weighted by molar-refractivity contribution is 5.90. The second kappa shape index (κ2) is 7.90. The Morgan fingerprint density at radius 1 is 0.667 bits per heavy atom. The Morgan fingerprint density at radius 3 is 1.70 bits per heavy atom. The predicted molar refractivity (Wildman–Crippen MR) is 113 cm³/mol. The first-order valence-electron chi connectivity index (χ1n) is 11.1. The van der Waals surface area contributed by atoms with Gasteiger partial charge < -0.3 is 9.47 Å². The van der Waals surface area contributed by atoms with E-state index in [1.165, 1.54) is 19.3 Å². The average molecular weight is 405 g/mol. The molecular formula is C26H28O4. The van der Waals surface area contributed by atoms with Gasteiger partial charge in [-0.15, -0.1) is 0 Å². The van der Waals surface area contributed by atoms with E-state index in [0.717, 1.165) is 6.42 Å². The maximum Gasteiger partial charge on any atom is 0.338 e. The molecule has 0 aromatic heterocycles. The van der Waals surface area contributed by atoms with Crippen LogP contribution in [-0.4, -0.2) is 24.1 Å². The molecule has 0 aliphatic heterocycles. The largest absolute Gasteiger partial charge is 0.455 e. The van der Waals surface area contributed by atoms with E-state index in [2.05, 4.69) is 6.92 Å². The molecule has 3 aliphatic rings. The molecule has 0 saturated heterocycles. The number of carbonyl (C=O) groups is 2. The first-order chi connectivity index (χ1) is 14.6. The molecule has 2 aromatic carbocycles. The van der Waals surface area contributed by atoms with Crippen molar-refractivity contribution in [3.05, 3.63) is 71.8 Å². The molecule has 0 amide bonds. The number of hydrogen-bond acceptors (Lipinski definition) is 4. The summed E-state index contributed by atoms with van der Waals surface area (Å²) in [6.07, 6.45) is 3.88. The zero-order valence-corrected chi connectivity index (χ0v) is 17.3. The lowest BCUT2D eigenvalue weighted by Crippen LogP contribution is -2.48. The molecule has 3 fully saturated rings. The Morgan fingerprint density at radius 2 is 1.17 bits per heavy atom. The molecule has 4 heteroatoms. The summed E-state index contributed by atoms with van der Waals surface area (Å²) in [5, 5.41) is 0. The zero-order valence-electron chi connectivity index (χ0n) is 17.3. The lowest BCUT2D eigenvalue weighted by molar-refractivity contribution is -0.0904. The average Bonchev–Trinajstić information content (AvgIpc) is 3.31. The van der Waals surface area contributed by atoms with Crippen LogP contribution >= 0.6 is 0 Å². The van der Waals surface area contributed by atoms with Crippen molar-refractivity contribution >= 4 is 11.9 Å². The first-order valence-corrected chi connectivity index (χ1v) is 11.1. The SMILES string of the molecule is CC1CCC2C(C1)C1CC2C(OC(=O)c2ccccc2)C1OC(=O)c1ccccc1. The molecule has 156 valence electrons. The van der Waals surface area contributed by atoms with Crippen molar-refractivity contribution in [2.24, 2.45) is 29.6 Å². The van der Waals surface area contributed by atoms with Crippen molar-refractivity contribution in [1.29, 1.82) is 0 Å². The zero-order chi connectivity index (χ0) is 20.7. The van der Waals surface area contributed by atoms with E-state index in [0.29, 0.717) is 28.9 Å². The van der Waals surface area contributed by atoms with Gasteiger partial charge in [0.25, 0.3) is 0 Å². The fourth-order valence-electron chi connectivity index (χ4n) is 6.22. The lowest BCUT2D eigenvalue weighted by Gasteiger charge is -2.43. The van der Waals surface area contributed by atoms with Gasteiger partial charge in [0.15, 0.2) is 0 Å². The standard InChI is InChI=1S/C26H28O4/c1-16-12-13-19-20(14-16)22-15-21(19)23(29-25(27)17-8-4-2-5-9-17)24(22)30-26(28)18-10-6-3-7-11-18/h2-11,16,19-24H,12-15H2,1H3. The summed E-state index contributed by atoms with van der Waals surface area (Å²) in [6.45, 7) is 2.32. The van der Waals surface area contributed by atoms with Crippen LogP contribution in [0.25, 0.3) is 0 Å². The van der Waals surface area contributed by atoms with E-state index in [4.69, 9.17) is 9.47 Å². The van der Waals surface area contributed by atoms with Gasteiger partial charge >= 0.3 is 11.9 Å². The summed E-state index contributed by atoms with van der Waals surface area (Å²) in [5.74, 6) is 1.77. The third kappa shape index (κ3) is 3.42. The molecule has 0 spiro atoms. The molecule has 2 aromatic rings. The summed E-state index contributed by atoms with van der Waals surface area (Å²) < 4.78 is 12.1. The van der Waals surface area contributed by atoms with Crippen LogP contribution in [0.2, 0.25) is 0 Å². The predicted octanol–water partition coefficient (Wildman–Crippen LogP) is 5.14. The Hall–Kier alpha value is -2.62. The smallest absolute Gasteiger partial charge is 0.338 e. The van der Waals surface area contributed by atoms with Gasteiger partial charge in [-0.3, -0.25) is 0 Å². The topological polar surface area (TPSA) is 52.6 Å². The molecule has 0 heterocycles. The van der Waals surface area contributed by atoms with Gasteiger partial charge in [-0.1, -0.05) is 49.7 Å². The van der Waals surface area contributed by atoms with E-state index in [9.17, 15) is 9.59 Å². The van der Waals surface area contributed by atoms with Crippen molar-refractivity contribution in [1.82, 2.24) is 0 Å². The first kappa shape index (κ1) is 19.3. The fourth-order valence-corrected chi connectivity index (χ4v) is 6.22. The Bertz CT molecular complexity index is 909. The summed E-state index contributed by atoms with van der Waals surface area (Å²) in [7, 11) is 0. The molecule has 30 heavy (non-hydrogen) atoms. The Kier molecular flexibility index (Phi) is 5.10. The molecule has 7 unspecified atom stereocenters. The molecule has 2 bridgehead atoms. The van der Waals surface area contributed by atoms with E-state index in [1.807, 2.05) is 36.4 Å². The highest BCUT2D eigenvalue weighted by atomic mass is 16.6. The normalized spacial score (nSPS) is 34.2. The van der Waals surface area contributed by atoms with E-state index >= 15 is 0 Å². The molecule has 4 nitrogen and oxygen atoms in total. The summed E-state index contributed by atoms with van der Waals surface area (Å²) >= 11 is 0. The van der Waals surface area contributed by atoms with Crippen LogP contribution in [0.1, 0.15) is 53.3 Å². The number of ether oxygens (including phenoxy) is 2. The monoisotopic (exact) mass is 404 g/mol. The number of hydrogen-bond donors (Lipinski definition) is 0. The van der Waals surface area contributed by atoms with E-state index in [-0.39, 0.29) is 36.0 Å². The van der Waals surface area contributed by atoms with Crippen LogP contribution in [0.5, 0.6) is 0 Å². The van der Waals surface area contributed by atoms with Gasteiger partial charge in [-0.25, -0.2) is 9.59 Å².